The summed E-state index contributed by atoms with van der Waals surface area (Å²) in [7, 11) is 1.75. The molecular weight excluding hydrogens is 340 g/mol. The second-order valence-electron chi connectivity index (χ2n) is 5.26. The van der Waals surface area contributed by atoms with E-state index in [4.69, 9.17) is 11.6 Å². The number of benzene rings is 1. The number of aryl methyl sites for hydroxylation is 1. The van der Waals surface area contributed by atoms with Crippen molar-refractivity contribution in [3.8, 4) is 11.8 Å². The number of rotatable bonds is 3. The molecule has 1 N–H and O–H groups in total. The number of fused-ring (bicyclic) bond motifs is 1. The highest BCUT2D eigenvalue weighted by Crippen LogP contribution is 2.26. The van der Waals surface area contributed by atoms with E-state index in [0.29, 0.717) is 33.3 Å². The molecule has 0 fully saturated rings. The van der Waals surface area contributed by atoms with Gasteiger partial charge < -0.3 is 5.32 Å². The van der Waals surface area contributed by atoms with Gasteiger partial charge in [-0.25, -0.2) is 14.6 Å². The lowest BCUT2D eigenvalue weighted by atomic mass is 10.3. The Morgan fingerprint density at radius 2 is 2.08 bits per heavy atom. The van der Waals surface area contributed by atoms with Gasteiger partial charge in [0, 0.05) is 12.1 Å². The average Bonchev–Trinajstić information content (AvgIpc) is 3.20. The number of aromatic nitrogens is 6. The molecule has 0 aliphatic heterocycles. The molecule has 0 spiro atoms. The van der Waals surface area contributed by atoms with Crippen molar-refractivity contribution in [1.29, 1.82) is 5.26 Å². The third kappa shape index (κ3) is 2.56. The van der Waals surface area contributed by atoms with Crippen LogP contribution in [-0.4, -0.2) is 29.5 Å². The van der Waals surface area contributed by atoms with Crippen LogP contribution in [0.1, 0.15) is 5.56 Å². The number of nitrogens with zero attached hydrogens (tertiary/aromatic N) is 7. The number of hydrogen-bond acceptors (Lipinski definition) is 6. The van der Waals surface area contributed by atoms with E-state index in [0.717, 1.165) is 5.69 Å². The topological polar surface area (TPSA) is 97.2 Å². The third-order valence-electron chi connectivity index (χ3n) is 3.71. The summed E-state index contributed by atoms with van der Waals surface area (Å²) in [5, 5.41) is 22.1. The highest BCUT2D eigenvalue weighted by Gasteiger charge is 2.14. The fourth-order valence-electron chi connectivity index (χ4n) is 2.52. The molecule has 0 aliphatic rings. The van der Waals surface area contributed by atoms with E-state index in [1.807, 2.05) is 12.1 Å². The maximum Gasteiger partial charge on any atom is 0.168 e. The molecule has 3 heterocycles. The maximum absolute atomic E-state index is 9.20. The molecule has 8 nitrogen and oxygen atoms in total. The Morgan fingerprint density at radius 1 is 1.20 bits per heavy atom. The molecule has 0 bridgehead atoms. The van der Waals surface area contributed by atoms with Gasteiger partial charge in [0.15, 0.2) is 5.65 Å². The van der Waals surface area contributed by atoms with Gasteiger partial charge in [0.25, 0.3) is 0 Å². The van der Waals surface area contributed by atoms with E-state index in [-0.39, 0.29) is 0 Å². The molecule has 0 saturated carbocycles. The molecule has 9 heteroatoms. The minimum atomic E-state index is 0.427. The molecule has 3 aromatic heterocycles. The van der Waals surface area contributed by atoms with E-state index >= 15 is 0 Å². The zero-order chi connectivity index (χ0) is 17.4. The zero-order valence-corrected chi connectivity index (χ0v) is 13.8. The lowest BCUT2D eigenvalue weighted by Gasteiger charge is -2.07. The Hall–Kier alpha value is -3.44. The SMILES string of the molecule is Cn1ncc(C#N)c1Nc1ncnc2c1cnn2-c1cccc(Cl)c1. The van der Waals surface area contributed by atoms with Gasteiger partial charge in [0.05, 0.1) is 23.5 Å². The van der Waals surface area contributed by atoms with Crippen LogP contribution in [0, 0.1) is 11.3 Å². The molecule has 0 atom stereocenters. The molecule has 122 valence electrons. The summed E-state index contributed by atoms with van der Waals surface area (Å²) in [5.74, 6) is 1.09. The van der Waals surface area contributed by atoms with Crippen molar-refractivity contribution in [2.75, 3.05) is 5.32 Å². The van der Waals surface area contributed by atoms with Gasteiger partial charge >= 0.3 is 0 Å². The molecule has 0 radical (unpaired) electrons. The standard InChI is InChI=1S/C16H11ClN8/c1-24-15(10(6-18)7-21-24)23-14-13-8-22-25(16(13)20-9-19-14)12-4-2-3-11(17)5-12/h2-5,7-9H,1H3,(H,19,20,23). The van der Waals surface area contributed by atoms with Gasteiger partial charge in [0.2, 0.25) is 0 Å². The second kappa shape index (κ2) is 5.89. The number of nitriles is 1. The fraction of sp³-hybridized carbons (Fsp3) is 0.0625. The van der Waals surface area contributed by atoms with Crippen LogP contribution in [0.4, 0.5) is 11.6 Å². The van der Waals surface area contributed by atoms with Crippen LogP contribution in [-0.2, 0) is 7.05 Å². The molecule has 25 heavy (non-hydrogen) atoms. The Balaban J connectivity index is 1.82. The van der Waals surface area contributed by atoms with Crippen molar-refractivity contribution < 1.29 is 0 Å². The average molecular weight is 351 g/mol. The predicted octanol–water partition coefficient (Wildman–Crippen LogP) is 2.82. The van der Waals surface area contributed by atoms with Crippen LogP contribution in [0.5, 0.6) is 0 Å². The van der Waals surface area contributed by atoms with Gasteiger partial charge in [-0.1, -0.05) is 17.7 Å². The van der Waals surface area contributed by atoms with E-state index in [1.54, 1.807) is 34.7 Å². The van der Waals surface area contributed by atoms with Crippen LogP contribution in [0.2, 0.25) is 5.02 Å². The summed E-state index contributed by atoms with van der Waals surface area (Å²) in [6.45, 7) is 0. The van der Waals surface area contributed by atoms with Gasteiger partial charge in [-0.3, -0.25) is 4.68 Å². The summed E-state index contributed by atoms with van der Waals surface area (Å²) < 4.78 is 3.26. The first-order chi connectivity index (χ1) is 12.2. The van der Waals surface area contributed by atoms with Crippen molar-refractivity contribution in [3.05, 3.63) is 53.6 Å². The quantitative estimate of drug-likeness (QED) is 0.610. The van der Waals surface area contributed by atoms with Crippen LogP contribution in [0.3, 0.4) is 0 Å². The highest BCUT2D eigenvalue weighted by molar-refractivity contribution is 6.30. The molecule has 0 saturated heterocycles. The lowest BCUT2D eigenvalue weighted by molar-refractivity contribution is 0.776. The molecule has 1 aromatic carbocycles. The minimum Gasteiger partial charge on any atom is -0.323 e. The number of anilines is 2. The molecule has 0 amide bonds. The first-order valence-electron chi connectivity index (χ1n) is 7.31. The van der Waals surface area contributed by atoms with Crippen molar-refractivity contribution in [2.24, 2.45) is 7.05 Å². The number of hydrogen-bond donors (Lipinski definition) is 1. The predicted molar refractivity (Wildman–Crippen MR) is 92.9 cm³/mol. The summed E-state index contributed by atoms with van der Waals surface area (Å²) in [6.07, 6.45) is 4.60. The minimum absolute atomic E-state index is 0.427. The third-order valence-corrected chi connectivity index (χ3v) is 3.95. The summed E-state index contributed by atoms with van der Waals surface area (Å²) in [6, 6.07) is 9.44. The van der Waals surface area contributed by atoms with E-state index < -0.39 is 0 Å². The van der Waals surface area contributed by atoms with Gasteiger partial charge in [0.1, 0.15) is 29.6 Å². The first kappa shape index (κ1) is 15.1. The van der Waals surface area contributed by atoms with Crippen molar-refractivity contribution in [3.63, 3.8) is 0 Å². The van der Waals surface area contributed by atoms with Gasteiger partial charge in [-0.2, -0.15) is 15.5 Å². The Bertz CT molecular complexity index is 1120. The van der Waals surface area contributed by atoms with E-state index in [9.17, 15) is 5.26 Å². The van der Waals surface area contributed by atoms with Crippen molar-refractivity contribution >= 4 is 34.3 Å². The smallest absolute Gasteiger partial charge is 0.168 e. The van der Waals surface area contributed by atoms with Gasteiger partial charge in [-0.15, -0.1) is 0 Å². The van der Waals surface area contributed by atoms with Crippen LogP contribution in [0.25, 0.3) is 16.7 Å². The van der Waals surface area contributed by atoms with E-state index in [1.165, 1.54) is 12.5 Å². The molecule has 0 aliphatic carbocycles. The van der Waals surface area contributed by atoms with Gasteiger partial charge in [-0.05, 0) is 18.2 Å². The number of nitrogens with one attached hydrogen (secondary N) is 1. The summed E-state index contributed by atoms with van der Waals surface area (Å²) >= 11 is 6.06. The number of halogens is 1. The van der Waals surface area contributed by atoms with Crippen LogP contribution >= 0.6 is 11.6 Å². The Morgan fingerprint density at radius 3 is 2.88 bits per heavy atom. The Kier molecular flexibility index (Phi) is 3.56. The summed E-state index contributed by atoms with van der Waals surface area (Å²) in [5.41, 5.74) is 1.85. The molecule has 4 aromatic rings. The molecular formula is C16H11ClN8. The van der Waals surface area contributed by atoms with Crippen LogP contribution in [0.15, 0.2) is 43.0 Å². The molecule has 4 rings (SSSR count). The monoisotopic (exact) mass is 350 g/mol. The second-order valence-corrected chi connectivity index (χ2v) is 5.70. The fourth-order valence-corrected chi connectivity index (χ4v) is 2.70. The largest absolute Gasteiger partial charge is 0.323 e. The lowest BCUT2D eigenvalue weighted by Crippen LogP contribution is -2.03. The highest BCUT2D eigenvalue weighted by atomic mass is 35.5. The first-order valence-corrected chi connectivity index (χ1v) is 7.69. The molecule has 0 unspecified atom stereocenters. The zero-order valence-electron chi connectivity index (χ0n) is 13.0. The Labute approximate surface area is 147 Å². The van der Waals surface area contributed by atoms with Crippen molar-refractivity contribution in [1.82, 2.24) is 29.5 Å². The van der Waals surface area contributed by atoms with Crippen LogP contribution < -0.4 is 5.32 Å². The van der Waals surface area contributed by atoms with Crippen molar-refractivity contribution in [2.45, 2.75) is 0 Å². The van der Waals surface area contributed by atoms with E-state index in [2.05, 4.69) is 31.6 Å². The normalized spacial score (nSPS) is 10.8. The summed E-state index contributed by atoms with van der Waals surface area (Å²) in [4.78, 5) is 8.59. The maximum atomic E-state index is 9.20.